The summed E-state index contributed by atoms with van der Waals surface area (Å²) in [7, 11) is 0. The number of hydrogen-bond acceptors (Lipinski definition) is 1. The molecule has 1 aromatic heterocycles. The highest BCUT2D eigenvalue weighted by Gasteiger charge is 2.19. The molecule has 0 saturated carbocycles. The first-order chi connectivity index (χ1) is 24.3. The van der Waals surface area contributed by atoms with Crippen molar-refractivity contribution in [2.24, 2.45) is 0 Å². The van der Waals surface area contributed by atoms with Crippen LogP contribution in [-0.4, -0.2) is 0 Å². The van der Waals surface area contributed by atoms with Gasteiger partial charge in [-0.15, -0.1) is 0 Å². The first-order valence-electron chi connectivity index (χ1n) is 17.2. The summed E-state index contributed by atoms with van der Waals surface area (Å²) in [4.78, 5) is 0. The van der Waals surface area contributed by atoms with E-state index >= 15 is 0 Å². The number of para-hydroxylation sites is 1. The van der Waals surface area contributed by atoms with Crippen LogP contribution in [-0.2, 0) is 0 Å². The Morgan fingerprint density at radius 3 is 1.71 bits per heavy atom. The lowest BCUT2D eigenvalue weighted by molar-refractivity contribution is 0.670. The molecule has 9 aromatic rings. The Labute approximate surface area is 285 Å². The average molecular weight is 625 g/mol. The lowest BCUT2D eigenvalue weighted by atomic mass is 9.84. The molecule has 0 amide bonds. The van der Waals surface area contributed by atoms with E-state index in [0.29, 0.717) is 0 Å². The van der Waals surface area contributed by atoms with E-state index in [2.05, 4.69) is 170 Å². The molecule has 0 spiro atoms. The largest absolute Gasteiger partial charge is 0.455 e. The normalized spacial score (nSPS) is 13.2. The van der Waals surface area contributed by atoms with E-state index in [-0.39, 0.29) is 0 Å². The van der Waals surface area contributed by atoms with Gasteiger partial charge >= 0.3 is 0 Å². The molecule has 0 aliphatic heterocycles. The van der Waals surface area contributed by atoms with E-state index in [1.807, 2.05) is 0 Å². The average Bonchev–Trinajstić information content (AvgIpc) is 3.57. The SMILES string of the molecule is C1=CC(c2cccc3oc4c(-c5ccc(-c6c7ccccc7c(-c7cccc8ccccc78)c7ccccc67)cc5)cccc4c23)=CCC1. The van der Waals surface area contributed by atoms with Gasteiger partial charge in [0.15, 0.2) is 0 Å². The van der Waals surface area contributed by atoms with Gasteiger partial charge in [-0.1, -0.05) is 164 Å². The molecule has 0 bridgehead atoms. The van der Waals surface area contributed by atoms with Gasteiger partial charge in [-0.25, -0.2) is 0 Å². The second-order valence-corrected chi connectivity index (χ2v) is 13.0. The van der Waals surface area contributed by atoms with Gasteiger partial charge in [0.25, 0.3) is 0 Å². The second kappa shape index (κ2) is 11.2. The Kier molecular flexibility index (Phi) is 6.38. The third-order valence-corrected chi connectivity index (χ3v) is 10.3. The fourth-order valence-electron chi connectivity index (χ4n) is 8.12. The zero-order chi connectivity index (χ0) is 32.3. The summed E-state index contributed by atoms with van der Waals surface area (Å²) in [5.41, 5.74) is 11.7. The topological polar surface area (TPSA) is 13.1 Å². The number of rotatable bonds is 4. The van der Waals surface area contributed by atoms with Crippen molar-refractivity contribution < 1.29 is 4.42 Å². The molecule has 1 aliphatic rings. The minimum absolute atomic E-state index is 0.931. The Morgan fingerprint density at radius 2 is 0.980 bits per heavy atom. The summed E-state index contributed by atoms with van der Waals surface area (Å²) in [6, 6.07) is 55.2. The van der Waals surface area contributed by atoms with Crippen molar-refractivity contribution in [3.8, 4) is 33.4 Å². The van der Waals surface area contributed by atoms with Crippen LogP contribution in [0.25, 0.3) is 93.2 Å². The van der Waals surface area contributed by atoms with Crippen molar-refractivity contribution in [3.05, 3.63) is 175 Å². The Balaban J connectivity index is 1.15. The summed E-state index contributed by atoms with van der Waals surface area (Å²) in [5, 5.41) is 9.93. The molecule has 0 atom stereocenters. The van der Waals surface area contributed by atoms with Crippen molar-refractivity contribution in [3.63, 3.8) is 0 Å². The van der Waals surface area contributed by atoms with Crippen LogP contribution < -0.4 is 0 Å². The van der Waals surface area contributed by atoms with Crippen molar-refractivity contribution in [2.75, 3.05) is 0 Å². The number of hydrogen-bond donors (Lipinski definition) is 0. The summed E-state index contributed by atoms with van der Waals surface area (Å²) in [6.45, 7) is 0. The lowest BCUT2D eigenvalue weighted by Crippen LogP contribution is -1.91. The van der Waals surface area contributed by atoms with Crippen LogP contribution in [0, 0.1) is 0 Å². The monoisotopic (exact) mass is 624 g/mol. The molecule has 1 heteroatoms. The highest BCUT2D eigenvalue weighted by molar-refractivity contribution is 6.23. The van der Waals surface area contributed by atoms with Crippen LogP contribution in [0.4, 0.5) is 0 Å². The van der Waals surface area contributed by atoms with Gasteiger partial charge in [0.2, 0.25) is 0 Å². The van der Waals surface area contributed by atoms with Crippen molar-refractivity contribution >= 4 is 59.8 Å². The Bertz CT molecular complexity index is 2750. The Morgan fingerprint density at radius 1 is 0.408 bits per heavy atom. The molecule has 10 rings (SSSR count). The van der Waals surface area contributed by atoms with Gasteiger partial charge in [-0.3, -0.25) is 0 Å². The third-order valence-electron chi connectivity index (χ3n) is 10.3. The zero-order valence-electron chi connectivity index (χ0n) is 27.0. The van der Waals surface area contributed by atoms with Gasteiger partial charge in [0, 0.05) is 16.3 Å². The predicted octanol–water partition coefficient (Wildman–Crippen LogP) is 13.8. The van der Waals surface area contributed by atoms with Crippen LogP contribution in [0.1, 0.15) is 18.4 Å². The summed E-state index contributed by atoms with van der Waals surface area (Å²) in [5.74, 6) is 0. The first kappa shape index (κ1) is 27.9. The number of fused-ring (bicyclic) bond motifs is 6. The van der Waals surface area contributed by atoms with Gasteiger partial charge in [-0.05, 0) is 90.2 Å². The predicted molar refractivity (Wildman–Crippen MR) is 209 cm³/mol. The van der Waals surface area contributed by atoms with E-state index in [0.717, 1.165) is 40.5 Å². The van der Waals surface area contributed by atoms with Crippen molar-refractivity contribution in [1.29, 1.82) is 0 Å². The van der Waals surface area contributed by atoms with E-state index in [1.165, 1.54) is 71.1 Å². The molecule has 230 valence electrons. The number of benzene rings is 8. The first-order valence-corrected chi connectivity index (χ1v) is 17.2. The number of furan rings is 1. The fraction of sp³-hybridized carbons (Fsp3) is 0.0417. The van der Waals surface area contributed by atoms with Gasteiger partial charge < -0.3 is 4.42 Å². The minimum atomic E-state index is 0.931. The van der Waals surface area contributed by atoms with E-state index in [4.69, 9.17) is 4.42 Å². The molecule has 8 aromatic carbocycles. The Hall–Kier alpha value is -6.18. The van der Waals surface area contributed by atoms with Gasteiger partial charge in [0.1, 0.15) is 11.2 Å². The molecule has 1 heterocycles. The number of allylic oxidation sites excluding steroid dienone is 4. The highest BCUT2D eigenvalue weighted by Crippen LogP contribution is 2.46. The van der Waals surface area contributed by atoms with Crippen LogP contribution in [0.5, 0.6) is 0 Å². The summed E-state index contributed by atoms with van der Waals surface area (Å²) in [6.07, 6.45) is 9.05. The molecule has 49 heavy (non-hydrogen) atoms. The quantitative estimate of drug-likeness (QED) is 0.178. The van der Waals surface area contributed by atoms with Gasteiger partial charge in [0.05, 0.1) is 0 Å². The fourth-order valence-corrected chi connectivity index (χ4v) is 8.12. The van der Waals surface area contributed by atoms with E-state index in [9.17, 15) is 0 Å². The maximum atomic E-state index is 6.63. The van der Waals surface area contributed by atoms with Crippen molar-refractivity contribution in [2.45, 2.75) is 12.8 Å². The standard InChI is InChI=1S/C48H32O/c1-2-13-32(14-3-1)36-22-12-26-44-47(36)43-25-11-23-37(48(43)49-44)33-27-29-34(30-28-33)45-39-18-6-8-20-41(39)46(42-21-9-7-19-40(42)45)38-24-10-16-31-15-4-5-17-35(31)38/h2,4-30H,1,3H2. The van der Waals surface area contributed by atoms with Crippen LogP contribution in [0.15, 0.2) is 174 Å². The minimum Gasteiger partial charge on any atom is -0.455 e. The van der Waals surface area contributed by atoms with Crippen LogP contribution in [0.2, 0.25) is 0 Å². The molecule has 0 unspecified atom stereocenters. The summed E-state index contributed by atoms with van der Waals surface area (Å²) >= 11 is 0. The highest BCUT2D eigenvalue weighted by atomic mass is 16.3. The molecule has 0 N–H and O–H groups in total. The molecule has 0 saturated heterocycles. The van der Waals surface area contributed by atoms with Gasteiger partial charge in [-0.2, -0.15) is 0 Å². The molecule has 1 nitrogen and oxygen atoms in total. The van der Waals surface area contributed by atoms with E-state index in [1.54, 1.807) is 0 Å². The maximum absolute atomic E-state index is 6.63. The lowest BCUT2D eigenvalue weighted by Gasteiger charge is -2.19. The second-order valence-electron chi connectivity index (χ2n) is 13.0. The molecular formula is C48H32O. The molecular weight excluding hydrogens is 593 g/mol. The van der Waals surface area contributed by atoms with Crippen molar-refractivity contribution in [1.82, 2.24) is 0 Å². The molecule has 1 aliphatic carbocycles. The van der Waals surface area contributed by atoms with Crippen LogP contribution in [0.3, 0.4) is 0 Å². The van der Waals surface area contributed by atoms with E-state index < -0.39 is 0 Å². The maximum Gasteiger partial charge on any atom is 0.143 e. The molecule has 0 radical (unpaired) electrons. The summed E-state index contributed by atoms with van der Waals surface area (Å²) < 4.78 is 6.63. The third kappa shape index (κ3) is 4.40. The zero-order valence-corrected chi connectivity index (χ0v) is 27.0. The smallest absolute Gasteiger partial charge is 0.143 e. The molecule has 0 fully saturated rings. The van der Waals surface area contributed by atoms with Crippen LogP contribution >= 0.6 is 0 Å².